The minimum absolute atomic E-state index is 0.235. The number of likely N-dealkylation sites (tertiary alicyclic amines) is 1. The van der Waals surface area contributed by atoms with E-state index in [-0.39, 0.29) is 11.8 Å². The van der Waals surface area contributed by atoms with Gasteiger partial charge in [-0.15, -0.1) is 0 Å². The van der Waals surface area contributed by atoms with Gasteiger partial charge in [0.05, 0.1) is 11.5 Å². The van der Waals surface area contributed by atoms with E-state index in [0.717, 1.165) is 18.4 Å². The van der Waals surface area contributed by atoms with E-state index in [9.17, 15) is 19.5 Å². The molecule has 0 aromatic carbocycles. The summed E-state index contributed by atoms with van der Waals surface area (Å²) in [4.78, 5) is 39.5. The molecule has 130 valence electrons. The number of aliphatic carboxylic acids is 1. The first-order valence-electron chi connectivity index (χ1n) is 8.52. The van der Waals surface area contributed by atoms with E-state index >= 15 is 0 Å². The van der Waals surface area contributed by atoms with Crippen molar-refractivity contribution in [2.24, 2.45) is 16.7 Å². The number of carboxylic acid groups (broad SMARTS) is 1. The van der Waals surface area contributed by atoms with Crippen LogP contribution in [0.15, 0.2) is 23.3 Å². The van der Waals surface area contributed by atoms with Gasteiger partial charge in [0.1, 0.15) is 5.41 Å². The van der Waals surface area contributed by atoms with Crippen LogP contribution in [0.25, 0.3) is 0 Å². The molecule has 0 radical (unpaired) electrons. The molecule has 1 saturated carbocycles. The quantitative estimate of drug-likeness (QED) is 0.637. The van der Waals surface area contributed by atoms with Crippen molar-refractivity contribution >= 4 is 17.8 Å². The molecular weight excluding hydrogens is 306 g/mol. The molecule has 0 aromatic rings. The van der Waals surface area contributed by atoms with Crippen LogP contribution in [0, 0.1) is 16.7 Å². The molecule has 2 aliphatic carbocycles. The summed E-state index contributed by atoms with van der Waals surface area (Å²) >= 11 is 0. The van der Waals surface area contributed by atoms with Crippen LogP contribution in [-0.4, -0.2) is 33.3 Å². The molecule has 2 amide bonds. The van der Waals surface area contributed by atoms with E-state index in [4.69, 9.17) is 0 Å². The van der Waals surface area contributed by atoms with Crippen molar-refractivity contribution in [2.45, 2.75) is 59.4 Å². The Balaban J connectivity index is 2.21. The van der Waals surface area contributed by atoms with Gasteiger partial charge in [0.25, 0.3) is 5.91 Å². The third-order valence-corrected chi connectivity index (χ3v) is 6.59. The molecular formula is C19H25NO4. The molecule has 0 bridgehead atoms. The predicted molar refractivity (Wildman–Crippen MR) is 89.0 cm³/mol. The largest absolute Gasteiger partial charge is 0.481 e. The first-order valence-corrected chi connectivity index (χ1v) is 8.52. The van der Waals surface area contributed by atoms with Crippen molar-refractivity contribution in [1.29, 1.82) is 0 Å². The number of imide groups is 1. The normalized spacial score (nSPS) is 37.0. The highest BCUT2D eigenvalue weighted by molar-refractivity contribution is 6.17. The number of carbonyl (C=O) groups excluding carboxylic acids is 2. The van der Waals surface area contributed by atoms with Crippen molar-refractivity contribution in [3.05, 3.63) is 23.3 Å². The molecule has 24 heavy (non-hydrogen) atoms. The van der Waals surface area contributed by atoms with E-state index in [1.807, 2.05) is 39.8 Å². The number of carboxylic acids is 1. The van der Waals surface area contributed by atoms with E-state index in [2.05, 4.69) is 0 Å². The smallest absolute Gasteiger partial charge is 0.312 e. The Bertz CT molecular complexity index is 713. The maximum atomic E-state index is 13.1. The van der Waals surface area contributed by atoms with Gasteiger partial charge < -0.3 is 5.11 Å². The molecule has 3 atom stereocenters. The Kier molecular flexibility index (Phi) is 3.39. The van der Waals surface area contributed by atoms with Crippen LogP contribution in [0.1, 0.15) is 53.9 Å². The van der Waals surface area contributed by atoms with Crippen LogP contribution >= 0.6 is 0 Å². The van der Waals surface area contributed by atoms with E-state index in [1.165, 1.54) is 4.90 Å². The third-order valence-electron chi connectivity index (χ3n) is 6.59. The van der Waals surface area contributed by atoms with Crippen LogP contribution in [0.5, 0.6) is 0 Å². The van der Waals surface area contributed by atoms with Crippen LogP contribution < -0.4 is 0 Å². The van der Waals surface area contributed by atoms with Crippen LogP contribution in [-0.2, 0) is 14.4 Å². The zero-order valence-corrected chi connectivity index (χ0v) is 15.0. The lowest BCUT2D eigenvalue weighted by atomic mass is 9.90. The average molecular weight is 331 g/mol. The summed E-state index contributed by atoms with van der Waals surface area (Å²) in [5, 5.41) is 9.89. The monoisotopic (exact) mass is 331 g/mol. The number of allylic oxidation sites excluding steroid dienone is 2. The summed E-state index contributed by atoms with van der Waals surface area (Å²) in [6.45, 7) is 9.05. The summed E-state index contributed by atoms with van der Waals surface area (Å²) in [5.74, 6) is -1.92. The fourth-order valence-corrected chi connectivity index (χ4v) is 4.94. The van der Waals surface area contributed by atoms with Gasteiger partial charge in [-0.25, -0.2) is 0 Å². The molecule has 2 fully saturated rings. The fraction of sp³-hybridized carbons (Fsp3) is 0.632. The summed E-state index contributed by atoms with van der Waals surface area (Å²) in [6, 6.07) is 0. The lowest BCUT2D eigenvalue weighted by Crippen LogP contribution is -2.47. The van der Waals surface area contributed by atoms with Crippen molar-refractivity contribution in [1.82, 2.24) is 4.90 Å². The highest BCUT2D eigenvalue weighted by Crippen LogP contribution is 2.76. The highest BCUT2D eigenvalue weighted by Gasteiger charge is 2.87. The molecule has 1 aliphatic heterocycles. The van der Waals surface area contributed by atoms with Crippen molar-refractivity contribution in [3.63, 3.8) is 0 Å². The predicted octanol–water partition coefficient (Wildman–Crippen LogP) is 2.92. The fourth-order valence-electron chi connectivity index (χ4n) is 4.94. The summed E-state index contributed by atoms with van der Waals surface area (Å²) in [7, 11) is 0. The number of hydrogen-bond acceptors (Lipinski definition) is 3. The molecule has 3 rings (SSSR count). The number of carbonyl (C=O) groups is 3. The van der Waals surface area contributed by atoms with Gasteiger partial charge in [-0.2, -0.15) is 0 Å². The van der Waals surface area contributed by atoms with Gasteiger partial charge in [-0.05, 0) is 40.0 Å². The SMILES string of the molecule is CC(C)=CC1(N2C(=O)C3=CCCCC3C2=O)C(C)(C)C1(C)C(=O)O. The Morgan fingerprint density at radius 1 is 1.29 bits per heavy atom. The molecule has 1 heterocycles. The molecule has 0 aromatic heterocycles. The first kappa shape index (κ1) is 16.9. The zero-order valence-electron chi connectivity index (χ0n) is 15.0. The Morgan fingerprint density at radius 2 is 1.92 bits per heavy atom. The van der Waals surface area contributed by atoms with Crippen molar-refractivity contribution in [2.75, 3.05) is 0 Å². The van der Waals surface area contributed by atoms with Crippen molar-refractivity contribution < 1.29 is 19.5 Å². The van der Waals surface area contributed by atoms with Gasteiger partial charge in [0.15, 0.2) is 0 Å². The second-order valence-electron chi connectivity index (χ2n) is 8.16. The Labute approximate surface area is 142 Å². The highest BCUT2D eigenvalue weighted by atomic mass is 16.4. The van der Waals surface area contributed by atoms with Crippen LogP contribution in [0.2, 0.25) is 0 Å². The zero-order chi connectivity index (χ0) is 18.1. The summed E-state index contributed by atoms with van der Waals surface area (Å²) in [5.41, 5.74) is -1.59. The van der Waals surface area contributed by atoms with Crippen LogP contribution in [0.3, 0.4) is 0 Å². The molecule has 3 aliphatic rings. The lowest BCUT2D eigenvalue weighted by molar-refractivity contribution is -0.147. The van der Waals surface area contributed by atoms with Gasteiger partial charge in [-0.3, -0.25) is 19.3 Å². The van der Waals surface area contributed by atoms with Gasteiger partial charge in [0, 0.05) is 11.0 Å². The summed E-state index contributed by atoms with van der Waals surface area (Å²) in [6.07, 6.45) is 6.03. The minimum Gasteiger partial charge on any atom is -0.481 e. The second-order valence-corrected chi connectivity index (χ2v) is 8.16. The Hall–Kier alpha value is -1.91. The molecule has 5 nitrogen and oxygen atoms in total. The Morgan fingerprint density at radius 3 is 2.38 bits per heavy atom. The number of fused-ring (bicyclic) bond motifs is 1. The molecule has 1 N–H and O–H groups in total. The van der Waals surface area contributed by atoms with Crippen LogP contribution in [0.4, 0.5) is 0 Å². The van der Waals surface area contributed by atoms with Crippen molar-refractivity contribution in [3.8, 4) is 0 Å². The molecule has 1 saturated heterocycles. The maximum Gasteiger partial charge on any atom is 0.312 e. The molecule has 5 heteroatoms. The topological polar surface area (TPSA) is 74.7 Å². The summed E-state index contributed by atoms with van der Waals surface area (Å²) < 4.78 is 0. The van der Waals surface area contributed by atoms with E-state index in [1.54, 1.807) is 6.92 Å². The standard InChI is InChI=1S/C19H25NO4/c1-11(2)10-19(17(3,4)18(19,5)16(23)24)20-14(21)12-8-6-7-9-13(12)15(20)22/h8,10,13H,6-7,9H2,1-5H3,(H,23,24). The number of rotatable bonds is 3. The van der Waals surface area contributed by atoms with Gasteiger partial charge in [0.2, 0.25) is 5.91 Å². The average Bonchev–Trinajstić information content (AvgIpc) is 2.74. The minimum atomic E-state index is -1.20. The second kappa shape index (κ2) is 4.80. The van der Waals surface area contributed by atoms with E-state index in [0.29, 0.717) is 12.0 Å². The lowest BCUT2D eigenvalue weighted by Gasteiger charge is -2.29. The van der Waals surface area contributed by atoms with E-state index < -0.39 is 28.3 Å². The number of nitrogens with zero attached hydrogens (tertiary/aromatic N) is 1. The molecule has 3 unspecified atom stereocenters. The number of hydrogen-bond donors (Lipinski definition) is 1. The molecule has 0 spiro atoms. The van der Waals surface area contributed by atoms with Gasteiger partial charge >= 0.3 is 5.97 Å². The number of amides is 2. The third kappa shape index (κ3) is 1.63. The van der Waals surface area contributed by atoms with Gasteiger partial charge in [-0.1, -0.05) is 31.6 Å². The maximum absolute atomic E-state index is 13.1. The first-order chi connectivity index (χ1) is 11.0.